The number of hydrogen-bond acceptors (Lipinski definition) is 3. The third kappa shape index (κ3) is 9.11. The zero-order valence-electron chi connectivity index (χ0n) is 11.0. The Hall–Kier alpha value is 0.162. The van der Waals surface area contributed by atoms with Crippen LogP contribution in [0.25, 0.3) is 0 Å². The highest BCUT2D eigenvalue weighted by atomic mass is 28.3. The standard InChI is InChI=1S/C10H25BO3Si/c1-7-12-11(13-8-2)14-10(3)9-15(4,5)6/h10H,7-9H2,1-6H3. The van der Waals surface area contributed by atoms with Crippen LogP contribution >= 0.6 is 0 Å². The summed E-state index contributed by atoms with van der Waals surface area (Å²) in [7, 11) is -1.56. The highest BCUT2D eigenvalue weighted by Crippen LogP contribution is 2.14. The summed E-state index contributed by atoms with van der Waals surface area (Å²) in [6.07, 6.45) is 0.208. The first-order chi connectivity index (χ1) is 6.89. The van der Waals surface area contributed by atoms with Crippen LogP contribution in [0.3, 0.4) is 0 Å². The first-order valence-electron chi connectivity index (χ1n) is 5.77. The summed E-state index contributed by atoms with van der Waals surface area (Å²) in [6, 6.07) is 1.13. The maximum absolute atomic E-state index is 5.70. The molecular formula is C10H25BO3Si. The van der Waals surface area contributed by atoms with Crippen molar-refractivity contribution >= 4 is 15.4 Å². The molecule has 1 unspecified atom stereocenters. The van der Waals surface area contributed by atoms with Crippen LogP contribution in [-0.2, 0) is 14.0 Å². The monoisotopic (exact) mass is 232 g/mol. The maximum atomic E-state index is 5.70. The third-order valence-electron chi connectivity index (χ3n) is 1.85. The minimum absolute atomic E-state index is 0.208. The molecule has 0 heterocycles. The lowest BCUT2D eigenvalue weighted by Gasteiger charge is -2.24. The van der Waals surface area contributed by atoms with Gasteiger partial charge in [0.05, 0.1) is 0 Å². The Bertz CT molecular complexity index is 155. The van der Waals surface area contributed by atoms with Crippen LogP contribution in [0.1, 0.15) is 20.8 Å². The lowest BCUT2D eigenvalue weighted by Crippen LogP contribution is -2.35. The Labute approximate surface area is 95.7 Å². The van der Waals surface area contributed by atoms with Crippen molar-refractivity contribution < 1.29 is 14.0 Å². The first kappa shape index (κ1) is 15.2. The normalized spacial score (nSPS) is 14.0. The quantitative estimate of drug-likeness (QED) is 0.602. The van der Waals surface area contributed by atoms with Crippen LogP contribution in [0.15, 0.2) is 0 Å². The van der Waals surface area contributed by atoms with Crippen molar-refractivity contribution in [3.63, 3.8) is 0 Å². The molecule has 0 rings (SSSR count). The fourth-order valence-corrected chi connectivity index (χ4v) is 3.32. The van der Waals surface area contributed by atoms with Gasteiger partial charge in [-0.05, 0) is 26.8 Å². The molecule has 0 aromatic rings. The van der Waals surface area contributed by atoms with Gasteiger partial charge in [0, 0.05) is 27.4 Å². The number of rotatable bonds is 8. The van der Waals surface area contributed by atoms with E-state index in [-0.39, 0.29) is 6.10 Å². The molecule has 1 atom stereocenters. The molecule has 90 valence electrons. The summed E-state index contributed by atoms with van der Waals surface area (Å²) >= 11 is 0. The molecule has 0 spiro atoms. The SMILES string of the molecule is CCOB(OCC)OC(C)C[Si](C)(C)C. The van der Waals surface area contributed by atoms with E-state index in [0.29, 0.717) is 13.2 Å². The van der Waals surface area contributed by atoms with Crippen molar-refractivity contribution in [1.82, 2.24) is 0 Å². The van der Waals surface area contributed by atoms with Gasteiger partial charge < -0.3 is 14.0 Å². The fourth-order valence-electron chi connectivity index (χ4n) is 1.50. The van der Waals surface area contributed by atoms with E-state index in [9.17, 15) is 0 Å². The Morgan fingerprint density at radius 2 is 1.53 bits per heavy atom. The van der Waals surface area contributed by atoms with Gasteiger partial charge in [0.25, 0.3) is 0 Å². The number of hydrogen-bond donors (Lipinski definition) is 0. The molecular weight excluding hydrogens is 207 g/mol. The maximum Gasteiger partial charge on any atom is 0.639 e. The highest BCUT2D eigenvalue weighted by Gasteiger charge is 2.26. The van der Waals surface area contributed by atoms with E-state index < -0.39 is 15.4 Å². The van der Waals surface area contributed by atoms with Gasteiger partial charge in [-0.15, -0.1) is 0 Å². The summed E-state index contributed by atoms with van der Waals surface area (Å²) in [6.45, 7) is 14.2. The average molecular weight is 232 g/mol. The van der Waals surface area contributed by atoms with E-state index in [2.05, 4.69) is 26.6 Å². The largest absolute Gasteiger partial charge is 0.639 e. The molecule has 3 nitrogen and oxygen atoms in total. The second-order valence-electron chi connectivity index (χ2n) is 4.91. The minimum Gasteiger partial charge on any atom is -0.386 e. The molecule has 5 heteroatoms. The van der Waals surface area contributed by atoms with Gasteiger partial charge >= 0.3 is 7.32 Å². The molecule has 0 aromatic heterocycles. The molecule has 0 amide bonds. The predicted octanol–water partition coefficient (Wildman–Crippen LogP) is 2.79. The topological polar surface area (TPSA) is 27.7 Å². The summed E-state index contributed by atoms with van der Waals surface area (Å²) in [5.74, 6) is 0. The lowest BCUT2D eigenvalue weighted by molar-refractivity contribution is 0.0766. The van der Waals surface area contributed by atoms with Crippen LogP contribution in [0.2, 0.25) is 25.7 Å². The zero-order chi connectivity index (χ0) is 11.9. The zero-order valence-corrected chi connectivity index (χ0v) is 12.0. The molecule has 0 saturated heterocycles. The average Bonchev–Trinajstić information content (AvgIpc) is 2.00. The summed E-state index contributed by atoms with van der Waals surface area (Å²) in [5, 5.41) is 0. The van der Waals surface area contributed by atoms with Gasteiger partial charge in [-0.2, -0.15) is 0 Å². The minimum atomic E-state index is -1.07. The van der Waals surface area contributed by atoms with Crippen molar-refractivity contribution in [3.05, 3.63) is 0 Å². The molecule has 0 aliphatic heterocycles. The fraction of sp³-hybridized carbons (Fsp3) is 1.00. The van der Waals surface area contributed by atoms with E-state index >= 15 is 0 Å². The molecule has 0 bridgehead atoms. The second-order valence-corrected chi connectivity index (χ2v) is 10.4. The van der Waals surface area contributed by atoms with Crippen molar-refractivity contribution in [3.8, 4) is 0 Å². The molecule has 0 fully saturated rings. The van der Waals surface area contributed by atoms with Crippen LogP contribution in [0.5, 0.6) is 0 Å². The van der Waals surface area contributed by atoms with Crippen LogP contribution in [-0.4, -0.2) is 34.7 Å². The van der Waals surface area contributed by atoms with Gasteiger partial charge in [0.15, 0.2) is 0 Å². The van der Waals surface area contributed by atoms with Crippen molar-refractivity contribution in [2.75, 3.05) is 13.2 Å². The second kappa shape index (κ2) is 7.44. The third-order valence-corrected chi connectivity index (χ3v) is 3.65. The van der Waals surface area contributed by atoms with Gasteiger partial charge in [0.2, 0.25) is 0 Å². The van der Waals surface area contributed by atoms with Crippen molar-refractivity contribution in [2.45, 2.75) is 52.6 Å². The van der Waals surface area contributed by atoms with E-state index in [1.54, 1.807) is 0 Å². The van der Waals surface area contributed by atoms with E-state index in [0.717, 1.165) is 6.04 Å². The van der Waals surface area contributed by atoms with Crippen LogP contribution < -0.4 is 0 Å². The lowest BCUT2D eigenvalue weighted by atomic mass is 10.2. The molecule has 15 heavy (non-hydrogen) atoms. The molecule has 0 saturated carbocycles. The molecule has 0 N–H and O–H groups in total. The predicted molar refractivity (Wildman–Crippen MR) is 67.7 cm³/mol. The van der Waals surface area contributed by atoms with Crippen LogP contribution in [0.4, 0.5) is 0 Å². The van der Waals surface area contributed by atoms with E-state index in [1.807, 2.05) is 13.8 Å². The molecule has 0 aliphatic carbocycles. The Balaban J connectivity index is 3.93. The Morgan fingerprint density at radius 1 is 1.07 bits per heavy atom. The molecule has 0 aliphatic rings. The van der Waals surface area contributed by atoms with Crippen LogP contribution in [0, 0.1) is 0 Å². The van der Waals surface area contributed by atoms with E-state index in [4.69, 9.17) is 14.0 Å². The molecule has 0 radical (unpaired) electrons. The van der Waals surface area contributed by atoms with Gasteiger partial charge in [-0.3, -0.25) is 0 Å². The van der Waals surface area contributed by atoms with Gasteiger partial charge in [-0.25, -0.2) is 0 Å². The summed E-state index contributed by atoms with van der Waals surface area (Å²) in [4.78, 5) is 0. The van der Waals surface area contributed by atoms with Crippen molar-refractivity contribution in [1.29, 1.82) is 0 Å². The highest BCUT2D eigenvalue weighted by molar-refractivity contribution is 6.76. The van der Waals surface area contributed by atoms with Gasteiger partial charge in [0.1, 0.15) is 0 Å². The van der Waals surface area contributed by atoms with E-state index in [1.165, 1.54) is 0 Å². The van der Waals surface area contributed by atoms with Gasteiger partial charge in [-0.1, -0.05) is 19.6 Å². The molecule has 0 aromatic carbocycles. The Kier molecular flexibility index (Phi) is 7.52. The smallest absolute Gasteiger partial charge is 0.386 e. The summed E-state index contributed by atoms with van der Waals surface area (Å²) in [5.41, 5.74) is 0. The van der Waals surface area contributed by atoms with Crippen molar-refractivity contribution in [2.24, 2.45) is 0 Å². The Morgan fingerprint density at radius 3 is 1.87 bits per heavy atom. The first-order valence-corrected chi connectivity index (χ1v) is 9.48. The summed E-state index contributed by atoms with van der Waals surface area (Å²) < 4.78 is 16.4.